The summed E-state index contributed by atoms with van der Waals surface area (Å²) in [5, 5.41) is 10.3. The van der Waals surface area contributed by atoms with Crippen molar-refractivity contribution in [3.63, 3.8) is 0 Å². The highest BCUT2D eigenvalue weighted by Crippen LogP contribution is 2.53. The molecule has 0 radical (unpaired) electrons. The predicted octanol–water partition coefficient (Wildman–Crippen LogP) is 23.6. The molecule has 3 aromatic heterocycles. The third-order valence-corrected chi connectivity index (χ3v) is 30.7. The zero-order valence-electron chi connectivity index (χ0n) is 79.2. The van der Waals surface area contributed by atoms with Gasteiger partial charge in [0.25, 0.3) is 17.7 Å². The van der Waals surface area contributed by atoms with Crippen LogP contribution < -0.4 is 57.9 Å². The molecule has 143 heavy (non-hydrogen) atoms. The summed E-state index contributed by atoms with van der Waals surface area (Å²) in [6.07, 6.45) is 9.77. The Balaban J connectivity index is 0.472. The molecule has 9 aliphatic rings. The quantitative estimate of drug-likeness (QED) is 0.0375. The van der Waals surface area contributed by atoms with Gasteiger partial charge in [-0.15, -0.1) is 0 Å². The van der Waals surface area contributed by atoms with Crippen molar-refractivity contribution in [2.75, 3.05) is 36.3 Å². The van der Waals surface area contributed by atoms with E-state index in [4.69, 9.17) is 42.0 Å². The number of hydrogen-bond donors (Lipinski definition) is 3. The van der Waals surface area contributed by atoms with Crippen LogP contribution in [0, 0.1) is 0 Å². The minimum absolute atomic E-state index is 0.0413. The lowest BCUT2D eigenvalue weighted by molar-refractivity contribution is 0.0651. The van der Waals surface area contributed by atoms with Crippen LogP contribution in [0.25, 0.3) is 33.8 Å². The first-order valence-corrected chi connectivity index (χ1v) is 50.7. The van der Waals surface area contributed by atoms with E-state index < -0.39 is 7.82 Å². The second-order valence-electron chi connectivity index (χ2n) is 38.4. The van der Waals surface area contributed by atoms with Crippen LogP contribution in [0.5, 0.6) is 51.7 Å². The first-order chi connectivity index (χ1) is 69.8. The van der Waals surface area contributed by atoms with Crippen molar-refractivity contribution in [3.05, 3.63) is 374 Å². The van der Waals surface area contributed by atoms with Crippen molar-refractivity contribution in [2.45, 2.75) is 155 Å². The van der Waals surface area contributed by atoms with E-state index in [0.717, 1.165) is 109 Å². The monoisotopic (exact) mass is 1920 g/mol. The van der Waals surface area contributed by atoms with Gasteiger partial charge in [0.05, 0.1) is 16.7 Å². The third kappa shape index (κ3) is 17.2. The van der Waals surface area contributed by atoms with Crippen molar-refractivity contribution in [1.82, 2.24) is 28.4 Å². The first-order valence-electron chi connectivity index (χ1n) is 49.2. The highest BCUT2D eigenvalue weighted by molar-refractivity contribution is 7.49. The molecule has 716 valence electrons. The van der Waals surface area contributed by atoms with Crippen molar-refractivity contribution < 1.29 is 75.3 Å². The van der Waals surface area contributed by atoms with Crippen molar-refractivity contribution in [2.24, 2.45) is 0 Å². The molecule has 0 spiro atoms. The Bertz CT molecular complexity index is 6980. The average molecular weight is 1920 g/mol. The van der Waals surface area contributed by atoms with E-state index in [1.165, 1.54) is 16.7 Å². The molecule has 3 amide bonds. The minimum atomic E-state index is -4.65. The van der Waals surface area contributed by atoms with Gasteiger partial charge in [-0.2, -0.15) is 4.57 Å². The molecule has 0 aliphatic carbocycles. The van der Waals surface area contributed by atoms with E-state index in [-0.39, 0.29) is 90.8 Å². The molecule has 12 aromatic carbocycles. The van der Waals surface area contributed by atoms with Crippen LogP contribution in [0.2, 0.25) is 0 Å². The molecular weight excluding hydrogens is 1820 g/mol. The van der Waals surface area contributed by atoms with E-state index in [1.54, 1.807) is 127 Å². The maximum atomic E-state index is 15.6. The number of carbonyl (C=O) groups is 6. The fourth-order valence-electron chi connectivity index (χ4n) is 21.9. The summed E-state index contributed by atoms with van der Waals surface area (Å²) in [5.41, 5.74) is 23.0. The van der Waals surface area contributed by atoms with Crippen molar-refractivity contribution in [3.8, 4) is 85.5 Å². The molecule has 0 saturated heterocycles. The summed E-state index contributed by atoms with van der Waals surface area (Å²) >= 11 is 0. The number of benzene rings is 12. The molecule has 3 atom stereocenters. The lowest BCUT2D eigenvalue weighted by atomic mass is 9.93. The third-order valence-electron chi connectivity index (χ3n) is 29.4. The smallest absolute Gasteiger partial charge is 0.454 e. The zero-order chi connectivity index (χ0) is 96.8. The predicted molar refractivity (Wildman–Crippen MR) is 544 cm³/mol. The maximum Gasteiger partial charge on any atom is 0.647 e. The number of nitrogens with zero attached hydrogens (tertiary/aromatic N) is 6. The normalized spacial score (nSPS) is 16.6. The molecule has 15 aromatic rings. The van der Waals surface area contributed by atoms with Gasteiger partial charge in [-0.1, -0.05) is 72.8 Å². The molecule has 0 saturated carbocycles. The Morgan fingerprint density at radius 3 is 0.804 bits per heavy atom. The lowest BCUT2D eigenvalue weighted by Crippen LogP contribution is -2.42. The number of ketones is 3. The molecule has 0 bridgehead atoms. The summed E-state index contributed by atoms with van der Waals surface area (Å²) < 4.78 is 76.6. The summed E-state index contributed by atoms with van der Waals surface area (Å²) in [6, 6.07) is 84.0. The highest BCUT2D eigenvalue weighted by atomic mass is 31.2. The van der Waals surface area contributed by atoms with E-state index >= 15 is 4.57 Å². The second-order valence-corrected chi connectivity index (χ2v) is 39.8. The van der Waals surface area contributed by atoms with Gasteiger partial charge in [-0.05, 0) is 331 Å². The standard InChI is InChI=1S/C117H102N9O16P/c1-70-52-76-16-4-7-19-79(76)64-124(70)115(130)94-61-109-106(134-67-137-109)58-91(94)103-55-97(100-22-10-13-49-121(100)103)112(127)73-25-31-82(32-26-73)118-85-37-43-88(44-38-85)140-143(133,141-89-45-39-86(40-46-89)119-83-33-27-74(28-34-83)113(128)98-56-104(122-50-14-11-23-101(98)122)92-59-107-110(138-68-135-107)62-95(92)116(131)125-65-80-20-8-5-17-77(80)53-71(125)2)142-90-47-41-87(42-48-90)120-84-35-29-75(30-36-84)114(129)99-57-105(123-51-15-12-24-102(99)123)93-60-108-111(139-69-136-108)63-96(93)117(132)126-66-81-21-9-6-18-78(81)54-72(126)3/h4-9,16-21,25-48,55-63,70-72,118-120H,10-15,22-24,49-54,64-69H2,1-3H3/t70-,71-,72-/m1/s1. The van der Waals surface area contributed by atoms with E-state index in [0.29, 0.717) is 194 Å². The fourth-order valence-corrected chi connectivity index (χ4v) is 23.2. The van der Waals surface area contributed by atoms with Crippen LogP contribution in [-0.2, 0) is 82.4 Å². The largest absolute Gasteiger partial charge is 0.647 e. The van der Waals surface area contributed by atoms with Crippen LogP contribution in [-0.4, -0.2) is 102 Å². The van der Waals surface area contributed by atoms with Gasteiger partial charge in [0, 0.05) is 176 Å². The molecule has 25 nitrogen and oxygen atoms in total. The minimum Gasteiger partial charge on any atom is -0.454 e. The van der Waals surface area contributed by atoms with Gasteiger partial charge in [-0.3, -0.25) is 28.8 Å². The fraction of sp³-hybridized carbons (Fsp3) is 0.231. The van der Waals surface area contributed by atoms with Gasteiger partial charge in [0.1, 0.15) is 17.2 Å². The Morgan fingerprint density at radius 1 is 0.294 bits per heavy atom. The van der Waals surface area contributed by atoms with Crippen molar-refractivity contribution in [1.29, 1.82) is 0 Å². The summed E-state index contributed by atoms with van der Waals surface area (Å²) in [6.45, 7) is 9.85. The van der Waals surface area contributed by atoms with Gasteiger partial charge < -0.3 is 86.3 Å². The van der Waals surface area contributed by atoms with Crippen LogP contribution >= 0.6 is 7.82 Å². The summed E-state index contributed by atoms with van der Waals surface area (Å²) in [4.78, 5) is 95.5. The number of ether oxygens (including phenoxy) is 6. The van der Waals surface area contributed by atoms with Gasteiger partial charge in [0.2, 0.25) is 20.4 Å². The molecule has 9 aliphatic heterocycles. The Labute approximate surface area is 826 Å². The topological polar surface area (TPSA) is 263 Å². The Morgan fingerprint density at radius 2 is 0.538 bits per heavy atom. The average Bonchev–Trinajstić information content (AvgIpc) is 1.56. The van der Waals surface area contributed by atoms with Crippen LogP contribution in [0.3, 0.4) is 0 Å². The number of nitrogens with one attached hydrogen (secondary N) is 3. The van der Waals surface area contributed by atoms with Gasteiger partial charge in [0.15, 0.2) is 51.8 Å². The zero-order valence-corrected chi connectivity index (χ0v) is 80.1. The molecule has 0 unspecified atom stereocenters. The van der Waals surface area contributed by atoms with Crippen molar-refractivity contribution >= 4 is 77.0 Å². The number of rotatable bonds is 24. The number of carbonyl (C=O) groups excluding carboxylic acids is 6. The number of fused-ring (bicyclic) bond motifs is 9. The van der Waals surface area contributed by atoms with E-state index in [1.807, 2.05) is 124 Å². The van der Waals surface area contributed by atoms with Crippen LogP contribution in [0.15, 0.2) is 273 Å². The molecule has 24 rings (SSSR count). The molecule has 0 fully saturated rings. The number of amides is 3. The molecule has 3 N–H and O–H groups in total. The van der Waals surface area contributed by atoms with Crippen LogP contribution in [0.1, 0.15) is 189 Å². The van der Waals surface area contributed by atoms with Gasteiger partial charge >= 0.3 is 7.82 Å². The summed E-state index contributed by atoms with van der Waals surface area (Å²) in [7, 11) is -4.65. The Kier molecular flexibility index (Phi) is 23.2. The number of phosphoric acid groups is 1. The SMILES string of the molecule is C[C@@H]1Cc2ccccc2CN1C(=O)c1cc2c(cc1-c1cc(C(=O)c3ccc(Nc4ccc(OP(=O)(Oc5ccc(Nc6ccc(C(=O)c7cc(-c8cc9c(cc8C(=O)N8Cc%10ccccc%10C[C@H]8C)OCO9)n8c7CCCC8)cc6)cc5)Oc5ccc(Nc6ccc(C(=O)c7cc(-c8cc9c(cc8C(=O)N8Cc%10ccccc%10C[C@H]8C)OCO9)n8c7CCCC8)cc6)cc5)cc4)cc3)c3n1CCCC3)OCO2. The maximum absolute atomic E-state index is 15.6. The van der Waals surface area contributed by atoms with Crippen LogP contribution in [0.4, 0.5) is 34.1 Å². The van der Waals surface area contributed by atoms with E-state index in [2.05, 4.69) is 86.8 Å². The number of aromatic nitrogens is 3. The first kappa shape index (κ1) is 89.4. The number of anilines is 6. The summed E-state index contributed by atoms with van der Waals surface area (Å²) in [5.74, 6) is 2.90. The molecular formula is C117H102N9O16P. The highest BCUT2D eigenvalue weighted by Gasteiger charge is 2.41. The number of phosphoric ester groups is 1. The lowest BCUT2D eigenvalue weighted by Gasteiger charge is -2.35. The van der Waals surface area contributed by atoms with E-state index in [9.17, 15) is 28.8 Å². The molecule has 12 heterocycles. The van der Waals surface area contributed by atoms with Gasteiger partial charge in [-0.25, -0.2) is 0 Å². The molecule has 26 heteroatoms. The second kappa shape index (κ2) is 37.1. The Hall–Kier alpha value is -16.3. The number of hydrogen-bond acceptors (Lipinski definition) is 19.